The molecule has 0 bridgehead atoms. The lowest BCUT2D eigenvalue weighted by Gasteiger charge is -2.23. The molecule has 0 aliphatic rings. The molecular weight excluding hydrogens is 402 g/mol. The Hall–Kier alpha value is -3.31. The molecule has 5 nitrogen and oxygen atoms in total. The number of anilines is 1. The third-order valence-corrected chi connectivity index (χ3v) is 4.76. The van der Waals surface area contributed by atoms with Gasteiger partial charge in [-0.3, -0.25) is 9.59 Å². The Morgan fingerprint density at radius 3 is 2.20 bits per heavy atom. The normalized spacial score (nSPS) is 10.4. The Morgan fingerprint density at radius 2 is 1.57 bits per heavy atom. The van der Waals surface area contributed by atoms with Crippen molar-refractivity contribution in [3.63, 3.8) is 0 Å². The minimum absolute atomic E-state index is 0.0112. The zero-order chi connectivity index (χ0) is 21.3. The average Bonchev–Trinajstić information content (AvgIpc) is 2.76. The quantitative estimate of drug-likeness (QED) is 0.498. The van der Waals surface area contributed by atoms with Gasteiger partial charge in [-0.15, -0.1) is 0 Å². The van der Waals surface area contributed by atoms with Gasteiger partial charge >= 0.3 is 5.97 Å². The molecule has 30 heavy (non-hydrogen) atoms. The van der Waals surface area contributed by atoms with Crippen LogP contribution in [0.3, 0.4) is 0 Å². The summed E-state index contributed by atoms with van der Waals surface area (Å²) in [7, 11) is 0. The van der Waals surface area contributed by atoms with Crippen LogP contribution in [-0.2, 0) is 11.4 Å². The van der Waals surface area contributed by atoms with Gasteiger partial charge < -0.3 is 14.7 Å². The number of halogens is 1. The predicted molar refractivity (Wildman–Crippen MR) is 117 cm³/mol. The molecule has 0 radical (unpaired) electrons. The zero-order valence-electron chi connectivity index (χ0n) is 16.3. The van der Waals surface area contributed by atoms with Crippen LogP contribution in [0.25, 0.3) is 0 Å². The highest BCUT2D eigenvalue weighted by Crippen LogP contribution is 2.23. The Bertz CT molecular complexity index is 972. The van der Waals surface area contributed by atoms with E-state index in [9.17, 15) is 9.59 Å². The van der Waals surface area contributed by atoms with Crippen LogP contribution in [0.4, 0.5) is 5.69 Å². The first-order chi connectivity index (χ1) is 14.5. The fourth-order valence-corrected chi connectivity index (χ4v) is 3.07. The van der Waals surface area contributed by atoms with Crippen molar-refractivity contribution in [2.75, 3.05) is 11.4 Å². The fourth-order valence-electron chi connectivity index (χ4n) is 2.95. The minimum Gasteiger partial charge on any atom is -0.489 e. The van der Waals surface area contributed by atoms with Gasteiger partial charge in [0.25, 0.3) is 5.91 Å². The maximum atomic E-state index is 13.0. The molecule has 0 saturated carbocycles. The summed E-state index contributed by atoms with van der Waals surface area (Å²) in [6.45, 7) is 0.740. The maximum Gasteiger partial charge on any atom is 0.303 e. The number of rotatable bonds is 9. The third-order valence-electron chi connectivity index (χ3n) is 4.51. The Labute approximate surface area is 180 Å². The van der Waals surface area contributed by atoms with Crippen LogP contribution in [0.5, 0.6) is 5.75 Å². The molecule has 0 spiro atoms. The van der Waals surface area contributed by atoms with Crippen LogP contribution in [0.15, 0.2) is 78.9 Å². The van der Waals surface area contributed by atoms with Gasteiger partial charge in [-0.2, -0.15) is 0 Å². The van der Waals surface area contributed by atoms with Crippen LogP contribution in [0.1, 0.15) is 28.8 Å². The molecule has 0 atom stereocenters. The number of carboxylic acid groups (broad SMARTS) is 1. The molecule has 1 amide bonds. The summed E-state index contributed by atoms with van der Waals surface area (Å²) in [6.07, 6.45) is 0.337. The van der Waals surface area contributed by atoms with Gasteiger partial charge in [0, 0.05) is 29.2 Å². The summed E-state index contributed by atoms with van der Waals surface area (Å²) in [5.41, 5.74) is 2.22. The van der Waals surface area contributed by atoms with Crippen molar-refractivity contribution >= 4 is 29.2 Å². The second kappa shape index (κ2) is 10.5. The molecule has 0 fully saturated rings. The van der Waals surface area contributed by atoms with E-state index < -0.39 is 5.97 Å². The van der Waals surface area contributed by atoms with Crippen LogP contribution in [-0.4, -0.2) is 23.5 Å². The average molecular weight is 424 g/mol. The lowest BCUT2D eigenvalue weighted by atomic mass is 10.1. The SMILES string of the molecule is O=C(O)CCCN(C(=O)c1ccc(Cl)cc1)c1ccc(OCc2ccccc2)cc1. The van der Waals surface area contributed by atoms with E-state index in [1.807, 2.05) is 30.3 Å². The topological polar surface area (TPSA) is 66.8 Å². The summed E-state index contributed by atoms with van der Waals surface area (Å²) in [4.78, 5) is 25.5. The number of carbonyl (C=O) groups excluding carboxylic acids is 1. The summed E-state index contributed by atoms with van der Waals surface area (Å²) < 4.78 is 5.80. The number of hydrogen-bond donors (Lipinski definition) is 1. The highest BCUT2D eigenvalue weighted by Gasteiger charge is 2.18. The molecule has 0 saturated heterocycles. The highest BCUT2D eigenvalue weighted by atomic mass is 35.5. The van der Waals surface area contributed by atoms with Gasteiger partial charge in [0.15, 0.2) is 0 Å². The summed E-state index contributed by atoms with van der Waals surface area (Å²) >= 11 is 5.92. The second-order valence-electron chi connectivity index (χ2n) is 6.73. The summed E-state index contributed by atoms with van der Waals surface area (Å²) in [5, 5.41) is 9.48. The number of benzene rings is 3. The molecule has 1 N–H and O–H groups in total. The largest absolute Gasteiger partial charge is 0.489 e. The lowest BCUT2D eigenvalue weighted by Crippen LogP contribution is -2.32. The van der Waals surface area contributed by atoms with Crippen molar-refractivity contribution in [3.05, 3.63) is 95.0 Å². The molecule has 6 heteroatoms. The Balaban J connectivity index is 1.73. The van der Waals surface area contributed by atoms with Gasteiger partial charge in [0.2, 0.25) is 0 Å². The molecule has 0 unspecified atom stereocenters. The number of nitrogens with zero attached hydrogens (tertiary/aromatic N) is 1. The van der Waals surface area contributed by atoms with Crippen LogP contribution < -0.4 is 9.64 Å². The van der Waals surface area contributed by atoms with Crippen molar-refractivity contribution in [1.82, 2.24) is 0 Å². The first kappa shape index (κ1) is 21.4. The number of aliphatic carboxylic acids is 1. The van der Waals surface area contributed by atoms with E-state index in [2.05, 4.69) is 0 Å². The van der Waals surface area contributed by atoms with Crippen molar-refractivity contribution in [3.8, 4) is 5.75 Å². The fraction of sp³-hybridized carbons (Fsp3) is 0.167. The third kappa shape index (κ3) is 6.09. The molecule has 3 aromatic carbocycles. The Morgan fingerprint density at radius 1 is 0.900 bits per heavy atom. The van der Waals surface area contributed by atoms with Crippen LogP contribution in [0.2, 0.25) is 5.02 Å². The number of ether oxygens (including phenoxy) is 1. The maximum absolute atomic E-state index is 13.0. The van der Waals surface area contributed by atoms with E-state index in [1.54, 1.807) is 53.4 Å². The van der Waals surface area contributed by atoms with E-state index in [0.717, 1.165) is 5.56 Å². The molecule has 0 aliphatic carbocycles. The smallest absolute Gasteiger partial charge is 0.303 e. The van der Waals surface area contributed by atoms with Gasteiger partial charge in [-0.1, -0.05) is 41.9 Å². The van der Waals surface area contributed by atoms with Crippen molar-refractivity contribution in [2.45, 2.75) is 19.4 Å². The number of carboxylic acids is 1. The molecule has 3 aromatic rings. The molecule has 0 aliphatic heterocycles. The van der Waals surface area contributed by atoms with E-state index in [1.165, 1.54) is 0 Å². The second-order valence-corrected chi connectivity index (χ2v) is 7.17. The van der Waals surface area contributed by atoms with Crippen molar-refractivity contribution < 1.29 is 19.4 Å². The monoisotopic (exact) mass is 423 g/mol. The zero-order valence-corrected chi connectivity index (χ0v) is 17.1. The van der Waals surface area contributed by atoms with Crippen LogP contribution in [0, 0.1) is 0 Å². The molecule has 3 rings (SSSR count). The summed E-state index contributed by atoms with van der Waals surface area (Å²) in [5.74, 6) is -0.416. The lowest BCUT2D eigenvalue weighted by molar-refractivity contribution is -0.137. The van der Waals surface area contributed by atoms with Crippen molar-refractivity contribution in [1.29, 1.82) is 0 Å². The standard InChI is InChI=1S/C24H22ClNO4/c25-20-10-8-19(9-11-20)24(29)26(16-4-7-23(27)28)21-12-14-22(15-13-21)30-17-18-5-2-1-3-6-18/h1-3,5-6,8-15H,4,7,16-17H2,(H,27,28). The number of carbonyl (C=O) groups is 2. The van der Waals surface area contributed by atoms with Gasteiger partial charge in [0.1, 0.15) is 12.4 Å². The van der Waals surface area contributed by atoms with Crippen molar-refractivity contribution in [2.24, 2.45) is 0 Å². The minimum atomic E-state index is -0.890. The molecule has 0 aromatic heterocycles. The van der Waals surface area contributed by atoms with Gasteiger partial charge in [0.05, 0.1) is 0 Å². The number of amides is 1. The highest BCUT2D eigenvalue weighted by molar-refractivity contribution is 6.30. The van der Waals surface area contributed by atoms with Crippen LogP contribution >= 0.6 is 11.6 Å². The molecule has 154 valence electrons. The van der Waals surface area contributed by atoms with E-state index in [0.29, 0.717) is 35.1 Å². The van der Waals surface area contributed by atoms with Gasteiger partial charge in [-0.05, 0) is 60.5 Å². The number of hydrogen-bond acceptors (Lipinski definition) is 3. The predicted octanol–water partition coefficient (Wildman–Crippen LogP) is 5.43. The molecule has 0 heterocycles. The first-order valence-electron chi connectivity index (χ1n) is 9.59. The Kier molecular flexibility index (Phi) is 7.46. The summed E-state index contributed by atoms with van der Waals surface area (Å²) in [6, 6.07) is 23.7. The van der Waals surface area contributed by atoms with Gasteiger partial charge in [-0.25, -0.2) is 0 Å². The van der Waals surface area contributed by atoms with E-state index >= 15 is 0 Å². The molecular formula is C24H22ClNO4. The van der Waals surface area contributed by atoms with E-state index in [4.69, 9.17) is 21.4 Å². The first-order valence-corrected chi connectivity index (χ1v) is 9.97. The van der Waals surface area contributed by atoms with E-state index in [-0.39, 0.29) is 18.9 Å².